The van der Waals surface area contributed by atoms with Crippen molar-refractivity contribution in [3.8, 4) is 0 Å². The SMILES string of the molecule is CC(NC(=O)CSc1ccc(Cl)cc1)C1CC2CCC1C2. The van der Waals surface area contributed by atoms with Gasteiger partial charge in [-0.05, 0) is 68.2 Å². The van der Waals surface area contributed by atoms with Gasteiger partial charge in [0.25, 0.3) is 0 Å². The number of amides is 1. The number of carbonyl (C=O) groups excluding carboxylic acids is 1. The summed E-state index contributed by atoms with van der Waals surface area (Å²) in [6.07, 6.45) is 5.49. The molecular weight excluding hydrogens is 302 g/mol. The Morgan fingerprint density at radius 2 is 2.10 bits per heavy atom. The van der Waals surface area contributed by atoms with Crippen molar-refractivity contribution in [3.05, 3.63) is 29.3 Å². The van der Waals surface area contributed by atoms with Gasteiger partial charge in [-0.3, -0.25) is 4.79 Å². The van der Waals surface area contributed by atoms with Gasteiger partial charge >= 0.3 is 0 Å². The fourth-order valence-electron chi connectivity index (χ4n) is 3.99. The maximum Gasteiger partial charge on any atom is 0.230 e. The molecule has 2 saturated carbocycles. The molecule has 4 heteroatoms. The molecule has 2 bridgehead atoms. The molecule has 4 atom stereocenters. The van der Waals surface area contributed by atoms with E-state index in [2.05, 4.69) is 12.2 Å². The highest BCUT2D eigenvalue weighted by atomic mass is 35.5. The van der Waals surface area contributed by atoms with E-state index in [1.165, 1.54) is 25.7 Å². The highest BCUT2D eigenvalue weighted by Crippen LogP contribution is 2.49. The first kappa shape index (κ1) is 15.2. The Hall–Kier alpha value is -0.670. The third-order valence-electron chi connectivity index (χ3n) is 5.01. The Morgan fingerprint density at radius 3 is 2.71 bits per heavy atom. The van der Waals surface area contributed by atoms with Gasteiger partial charge in [0.05, 0.1) is 5.75 Å². The van der Waals surface area contributed by atoms with E-state index < -0.39 is 0 Å². The highest BCUT2D eigenvalue weighted by Gasteiger charge is 2.42. The summed E-state index contributed by atoms with van der Waals surface area (Å²) < 4.78 is 0. The van der Waals surface area contributed by atoms with Crippen molar-refractivity contribution in [1.29, 1.82) is 0 Å². The van der Waals surface area contributed by atoms with Crippen LogP contribution in [0, 0.1) is 17.8 Å². The van der Waals surface area contributed by atoms with Gasteiger partial charge in [-0.15, -0.1) is 11.8 Å². The zero-order valence-electron chi connectivity index (χ0n) is 12.3. The molecular formula is C17H22ClNOS. The maximum absolute atomic E-state index is 12.1. The van der Waals surface area contributed by atoms with E-state index in [4.69, 9.17) is 11.6 Å². The number of nitrogens with one attached hydrogen (secondary N) is 1. The largest absolute Gasteiger partial charge is 0.353 e. The number of halogens is 1. The molecule has 0 spiro atoms. The van der Waals surface area contributed by atoms with Crippen LogP contribution in [0.1, 0.15) is 32.6 Å². The number of fused-ring (bicyclic) bond motifs is 2. The molecule has 2 nitrogen and oxygen atoms in total. The van der Waals surface area contributed by atoms with E-state index in [9.17, 15) is 4.79 Å². The van der Waals surface area contributed by atoms with Crippen LogP contribution in [-0.4, -0.2) is 17.7 Å². The lowest BCUT2D eigenvalue weighted by atomic mass is 9.84. The minimum absolute atomic E-state index is 0.144. The molecule has 3 rings (SSSR count). The van der Waals surface area contributed by atoms with Crippen LogP contribution in [0.4, 0.5) is 0 Å². The summed E-state index contributed by atoms with van der Waals surface area (Å²) in [7, 11) is 0. The predicted molar refractivity (Wildman–Crippen MR) is 88.7 cm³/mol. The smallest absolute Gasteiger partial charge is 0.230 e. The number of hydrogen-bond donors (Lipinski definition) is 1. The van der Waals surface area contributed by atoms with Crippen LogP contribution in [0.15, 0.2) is 29.2 Å². The Labute approximate surface area is 136 Å². The first-order valence-electron chi connectivity index (χ1n) is 7.79. The summed E-state index contributed by atoms with van der Waals surface area (Å²) in [5, 5.41) is 3.93. The first-order valence-corrected chi connectivity index (χ1v) is 9.16. The average molecular weight is 324 g/mol. The molecule has 4 unspecified atom stereocenters. The van der Waals surface area contributed by atoms with Crippen molar-refractivity contribution in [2.45, 2.75) is 43.5 Å². The molecule has 1 aromatic carbocycles. The zero-order valence-corrected chi connectivity index (χ0v) is 13.9. The second kappa shape index (κ2) is 6.62. The van der Waals surface area contributed by atoms with Gasteiger partial charge in [0.2, 0.25) is 5.91 Å². The highest BCUT2D eigenvalue weighted by molar-refractivity contribution is 8.00. The van der Waals surface area contributed by atoms with Crippen molar-refractivity contribution in [2.24, 2.45) is 17.8 Å². The molecule has 21 heavy (non-hydrogen) atoms. The first-order chi connectivity index (χ1) is 10.1. The summed E-state index contributed by atoms with van der Waals surface area (Å²) in [6.45, 7) is 2.18. The van der Waals surface area contributed by atoms with Crippen LogP contribution < -0.4 is 5.32 Å². The van der Waals surface area contributed by atoms with Crippen molar-refractivity contribution in [1.82, 2.24) is 5.32 Å². The van der Waals surface area contributed by atoms with Crippen molar-refractivity contribution in [3.63, 3.8) is 0 Å². The molecule has 2 aliphatic carbocycles. The minimum Gasteiger partial charge on any atom is -0.353 e. The fraction of sp³-hybridized carbons (Fsp3) is 0.588. The molecule has 0 aromatic heterocycles. The van der Waals surface area contributed by atoms with Gasteiger partial charge in [-0.2, -0.15) is 0 Å². The third-order valence-corrected chi connectivity index (χ3v) is 6.27. The lowest BCUT2D eigenvalue weighted by molar-refractivity contribution is -0.119. The average Bonchev–Trinajstić information content (AvgIpc) is 3.09. The van der Waals surface area contributed by atoms with E-state index in [0.717, 1.165) is 21.8 Å². The van der Waals surface area contributed by atoms with Gasteiger partial charge in [0.15, 0.2) is 0 Å². The lowest BCUT2D eigenvalue weighted by Crippen LogP contribution is -2.40. The van der Waals surface area contributed by atoms with Crippen LogP contribution in [-0.2, 0) is 4.79 Å². The molecule has 0 radical (unpaired) electrons. The summed E-state index contributed by atoms with van der Waals surface area (Å²) in [4.78, 5) is 13.2. The predicted octanol–water partition coefficient (Wildman–Crippen LogP) is 4.37. The molecule has 2 fully saturated rings. The monoisotopic (exact) mass is 323 g/mol. The maximum atomic E-state index is 12.1. The number of hydrogen-bond acceptors (Lipinski definition) is 2. The van der Waals surface area contributed by atoms with E-state index in [1.807, 2.05) is 24.3 Å². The number of benzene rings is 1. The fourth-order valence-corrected chi connectivity index (χ4v) is 4.82. The molecule has 1 aromatic rings. The molecule has 0 saturated heterocycles. The Bertz CT molecular complexity index is 504. The second-order valence-corrected chi connectivity index (χ2v) is 7.92. The van der Waals surface area contributed by atoms with Crippen molar-refractivity contribution < 1.29 is 4.79 Å². The van der Waals surface area contributed by atoms with E-state index in [-0.39, 0.29) is 5.91 Å². The summed E-state index contributed by atoms with van der Waals surface area (Å²) in [5.41, 5.74) is 0. The standard InChI is InChI=1S/C17H22ClNOS/c1-11(16-9-12-2-3-13(16)8-12)19-17(20)10-21-15-6-4-14(18)5-7-15/h4-7,11-13,16H,2-3,8-10H2,1H3,(H,19,20). The van der Waals surface area contributed by atoms with Gasteiger partial charge < -0.3 is 5.32 Å². The van der Waals surface area contributed by atoms with Crippen molar-refractivity contribution in [2.75, 3.05) is 5.75 Å². The quantitative estimate of drug-likeness (QED) is 0.815. The van der Waals surface area contributed by atoms with Crippen molar-refractivity contribution >= 4 is 29.3 Å². The number of rotatable bonds is 5. The van der Waals surface area contributed by atoms with E-state index >= 15 is 0 Å². The Kier molecular flexibility index (Phi) is 4.80. The van der Waals surface area contributed by atoms with Gasteiger partial charge in [-0.25, -0.2) is 0 Å². The zero-order chi connectivity index (χ0) is 14.8. The second-order valence-electron chi connectivity index (χ2n) is 6.44. The summed E-state index contributed by atoms with van der Waals surface area (Å²) >= 11 is 7.42. The normalized spacial score (nSPS) is 28.6. The number of carbonyl (C=O) groups is 1. The van der Waals surface area contributed by atoms with E-state index in [1.54, 1.807) is 11.8 Å². The molecule has 1 amide bonds. The van der Waals surface area contributed by atoms with Crippen LogP contribution in [0.2, 0.25) is 5.02 Å². The third kappa shape index (κ3) is 3.75. The Balaban J connectivity index is 1.44. The van der Waals surface area contributed by atoms with Gasteiger partial charge in [-0.1, -0.05) is 18.0 Å². The van der Waals surface area contributed by atoms with Gasteiger partial charge in [0.1, 0.15) is 0 Å². The van der Waals surface area contributed by atoms with Gasteiger partial charge in [0, 0.05) is 16.0 Å². The molecule has 114 valence electrons. The molecule has 1 N–H and O–H groups in total. The molecule has 0 aliphatic heterocycles. The molecule has 2 aliphatic rings. The topological polar surface area (TPSA) is 29.1 Å². The van der Waals surface area contributed by atoms with Crippen LogP contribution >= 0.6 is 23.4 Å². The van der Waals surface area contributed by atoms with Crippen LogP contribution in [0.5, 0.6) is 0 Å². The summed E-state index contributed by atoms with van der Waals surface area (Å²) in [6, 6.07) is 7.96. The number of thioether (sulfide) groups is 1. The Morgan fingerprint density at radius 1 is 1.33 bits per heavy atom. The summed E-state index contributed by atoms with van der Waals surface area (Å²) in [5.74, 6) is 3.11. The van der Waals surface area contributed by atoms with Crippen LogP contribution in [0.25, 0.3) is 0 Å². The lowest BCUT2D eigenvalue weighted by Gasteiger charge is -2.28. The van der Waals surface area contributed by atoms with E-state index in [0.29, 0.717) is 17.7 Å². The molecule has 0 heterocycles. The van der Waals surface area contributed by atoms with Crippen LogP contribution in [0.3, 0.4) is 0 Å². The minimum atomic E-state index is 0.144.